The SMILES string of the molecule is CCNC(CSc1ccc(Cl)cc1)c1cncnc1. The van der Waals surface area contributed by atoms with Crippen LogP contribution in [0.2, 0.25) is 5.02 Å². The number of aromatic nitrogens is 2. The average Bonchev–Trinajstić information content (AvgIpc) is 2.46. The molecule has 0 aliphatic rings. The van der Waals surface area contributed by atoms with Crippen molar-refractivity contribution in [1.29, 1.82) is 0 Å². The van der Waals surface area contributed by atoms with Gasteiger partial charge in [0.1, 0.15) is 6.33 Å². The van der Waals surface area contributed by atoms with Gasteiger partial charge >= 0.3 is 0 Å². The Morgan fingerprint density at radius 2 is 1.89 bits per heavy atom. The maximum absolute atomic E-state index is 5.88. The highest BCUT2D eigenvalue weighted by atomic mass is 35.5. The first-order valence-corrected chi connectivity index (χ1v) is 7.52. The molecule has 5 heteroatoms. The van der Waals surface area contributed by atoms with Gasteiger partial charge in [-0.25, -0.2) is 9.97 Å². The summed E-state index contributed by atoms with van der Waals surface area (Å²) in [5.74, 6) is 0.933. The molecule has 1 unspecified atom stereocenters. The van der Waals surface area contributed by atoms with Crippen molar-refractivity contribution >= 4 is 23.4 Å². The summed E-state index contributed by atoms with van der Waals surface area (Å²) in [5, 5.41) is 4.22. The predicted octanol–water partition coefficient (Wildman–Crippen LogP) is 3.57. The van der Waals surface area contributed by atoms with Gasteiger partial charge in [-0.3, -0.25) is 0 Å². The van der Waals surface area contributed by atoms with E-state index in [-0.39, 0.29) is 6.04 Å². The summed E-state index contributed by atoms with van der Waals surface area (Å²) in [6.45, 7) is 3.02. The van der Waals surface area contributed by atoms with Crippen LogP contribution in [0.15, 0.2) is 47.9 Å². The molecule has 0 saturated heterocycles. The highest BCUT2D eigenvalue weighted by molar-refractivity contribution is 7.99. The fourth-order valence-electron chi connectivity index (χ4n) is 1.72. The second-order valence-corrected chi connectivity index (χ2v) is 5.58. The van der Waals surface area contributed by atoms with Gasteiger partial charge in [-0.1, -0.05) is 18.5 Å². The van der Waals surface area contributed by atoms with Gasteiger partial charge < -0.3 is 5.32 Å². The van der Waals surface area contributed by atoms with E-state index in [1.54, 1.807) is 18.1 Å². The smallest absolute Gasteiger partial charge is 0.115 e. The molecule has 0 aliphatic heterocycles. The van der Waals surface area contributed by atoms with Crippen LogP contribution >= 0.6 is 23.4 Å². The zero-order valence-electron chi connectivity index (χ0n) is 10.7. The van der Waals surface area contributed by atoms with E-state index in [4.69, 9.17) is 11.6 Å². The van der Waals surface area contributed by atoms with Gasteiger partial charge in [-0.2, -0.15) is 0 Å². The number of rotatable bonds is 6. The molecule has 100 valence electrons. The molecule has 0 saturated carbocycles. The third kappa shape index (κ3) is 4.49. The monoisotopic (exact) mass is 293 g/mol. The van der Waals surface area contributed by atoms with Gasteiger partial charge in [0, 0.05) is 39.7 Å². The Kier molecular flexibility index (Phi) is 5.63. The predicted molar refractivity (Wildman–Crippen MR) is 80.6 cm³/mol. The van der Waals surface area contributed by atoms with E-state index in [0.717, 1.165) is 22.9 Å². The number of nitrogens with zero attached hydrogens (tertiary/aromatic N) is 2. The van der Waals surface area contributed by atoms with Crippen LogP contribution in [-0.2, 0) is 0 Å². The number of nitrogens with one attached hydrogen (secondary N) is 1. The number of hydrogen-bond donors (Lipinski definition) is 1. The third-order valence-electron chi connectivity index (χ3n) is 2.66. The molecule has 1 N–H and O–H groups in total. The molecule has 2 aromatic rings. The standard InChI is InChI=1S/C14H16ClN3S/c1-2-18-14(11-7-16-10-17-8-11)9-19-13-5-3-12(15)4-6-13/h3-8,10,14,18H,2,9H2,1H3. The first kappa shape index (κ1) is 14.3. The highest BCUT2D eigenvalue weighted by Crippen LogP contribution is 2.25. The fourth-order valence-corrected chi connectivity index (χ4v) is 2.84. The van der Waals surface area contributed by atoms with Crippen LogP contribution < -0.4 is 5.32 Å². The molecule has 1 heterocycles. The van der Waals surface area contributed by atoms with Crippen molar-refractivity contribution in [3.05, 3.63) is 53.6 Å². The van der Waals surface area contributed by atoms with Crippen molar-refractivity contribution in [2.45, 2.75) is 17.9 Å². The molecule has 3 nitrogen and oxygen atoms in total. The second kappa shape index (κ2) is 7.48. The van der Waals surface area contributed by atoms with Crippen molar-refractivity contribution in [2.24, 2.45) is 0 Å². The number of halogens is 1. The van der Waals surface area contributed by atoms with Gasteiger partial charge in [-0.15, -0.1) is 11.8 Å². The maximum Gasteiger partial charge on any atom is 0.115 e. The maximum atomic E-state index is 5.88. The molecule has 0 aliphatic carbocycles. The van der Waals surface area contributed by atoms with E-state index in [1.165, 1.54) is 4.90 Å². The van der Waals surface area contributed by atoms with Crippen LogP contribution in [0, 0.1) is 0 Å². The Balaban J connectivity index is 1.99. The van der Waals surface area contributed by atoms with Crippen molar-refractivity contribution in [3.8, 4) is 0 Å². The second-order valence-electron chi connectivity index (χ2n) is 4.05. The Morgan fingerprint density at radius 3 is 2.53 bits per heavy atom. The first-order valence-electron chi connectivity index (χ1n) is 6.16. The summed E-state index contributed by atoms with van der Waals surface area (Å²) < 4.78 is 0. The lowest BCUT2D eigenvalue weighted by Crippen LogP contribution is -2.23. The summed E-state index contributed by atoms with van der Waals surface area (Å²) >= 11 is 7.68. The molecule has 1 aromatic heterocycles. The van der Waals surface area contributed by atoms with Gasteiger partial charge in [0.2, 0.25) is 0 Å². The van der Waals surface area contributed by atoms with E-state index in [0.29, 0.717) is 0 Å². The lowest BCUT2D eigenvalue weighted by Gasteiger charge is -2.17. The topological polar surface area (TPSA) is 37.8 Å². The summed E-state index contributed by atoms with van der Waals surface area (Å²) in [4.78, 5) is 9.37. The van der Waals surface area contributed by atoms with Gasteiger partial charge in [0.05, 0.1) is 0 Å². The molecule has 0 radical (unpaired) electrons. The normalized spacial score (nSPS) is 12.3. The number of thioether (sulfide) groups is 1. The molecule has 0 bridgehead atoms. The Morgan fingerprint density at radius 1 is 1.21 bits per heavy atom. The zero-order chi connectivity index (χ0) is 13.5. The van der Waals surface area contributed by atoms with Gasteiger partial charge in [0.25, 0.3) is 0 Å². The number of benzene rings is 1. The molecular formula is C14H16ClN3S. The summed E-state index contributed by atoms with van der Waals surface area (Å²) in [7, 11) is 0. The average molecular weight is 294 g/mol. The van der Waals surface area contributed by atoms with E-state index in [1.807, 2.05) is 36.7 Å². The Hall–Kier alpha value is -1.10. The Bertz CT molecular complexity index is 490. The van der Waals surface area contributed by atoms with E-state index in [2.05, 4.69) is 22.2 Å². The van der Waals surface area contributed by atoms with Crippen LogP contribution in [0.1, 0.15) is 18.5 Å². The van der Waals surface area contributed by atoms with E-state index >= 15 is 0 Å². The molecule has 1 aromatic carbocycles. The highest BCUT2D eigenvalue weighted by Gasteiger charge is 2.11. The minimum Gasteiger partial charge on any atom is -0.309 e. The number of hydrogen-bond acceptors (Lipinski definition) is 4. The quantitative estimate of drug-likeness (QED) is 0.826. The van der Waals surface area contributed by atoms with Crippen molar-refractivity contribution in [2.75, 3.05) is 12.3 Å². The summed E-state index contributed by atoms with van der Waals surface area (Å²) in [6.07, 6.45) is 5.28. The van der Waals surface area contributed by atoms with Crippen molar-refractivity contribution < 1.29 is 0 Å². The molecule has 0 fully saturated rings. The van der Waals surface area contributed by atoms with Crippen LogP contribution in [0.5, 0.6) is 0 Å². The third-order valence-corrected chi connectivity index (χ3v) is 4.02. The molecule has 0 amide bonds. The zero-order valence-corrected chi connectivity index (χ0v) is 12.3. The van der Waals surface area contributed by atoms with Crippen LogP contribution in [0.4, 0.5) is 0 Å². The van der Waals surface area contributed by atoms with Crippen molar-refractivity contribution in [3.63, 3.8) is 0 Å². The van der Waals surface area contributed by atoms with Crippen LogP contribution in [0.3, 0.4) is 0 Å². The van der Waals surface area contributed by atoms with Crippen LogP contribution in [0.25, 0.3) is 0 Å². The molecule has 19 heavy (non-hydrogen) atoms. The fraction of sp³-hybridized carbons (Fsp3) is 0.286. The van der Waals surface area contributed by atoms with Crippen molar-refractivity contribution in [1.82, 2.24) is 15.3 Å². The molecule has 2 rings (SSSR count). The molecule has 0 spiro atoms. The minimum atomic E-state index is 0.256. The van der Waals surface area contributed by atoms with E-state index < -0.39 is 0 Å². The van der Waals surface area contributed by atoms with Gasteiger partial charge in [-0.05, 0) is 30.8 Å². The Labute approximate surface area is 122 Å². The van der Waals surface area contributed by atoms with E-state index in [9.17, 15) is 0 Å². The van der Waals surface area contributed by atoms with Gasteiger partial charge in [0.15, 0.2) is 0 Å². The summed E-state index contributed by atoms with van der Waals surface area (Å²) in [6, 6.07) is 8.16. The largest absolute Gasteiger partial charge is 0.309 e. The first-order chi connectivity index (χ1) is 9.29. The molecule has 1 atom stereocenters. The minimum absolute atomic E-state index is 0.256. The lowest BCUT2D eigenvalue weighted by atomic mass is 10.2. The lowest BCUT2D eigenvalue weighted by molar-refractivity contribution is 0.601. The summed E-state index contributed by atoms with van der Waals surface area (Å²) in [5.41, 5.74) is 1.12. The van der Waals surface area contributed by atoms with Crippen LogP contribution in [-0.4, -0.2) is 22.3 Å². The molecular weight excluding hydrogens is 278 g/mol.